The van der Waals surface area contributed by atoms with Gasteiger partial charge in [-0.25, -0.2) is 0 Å². The summed E-state index contributed by atoms with van der Waals surface area (Å²) < 4.78 is 341. The standard InChI is InChI=1S/C12H15BrN3O2.5C5H2F6O2.Cu.Gd.H2O/c1-11(2)12(3,4)16(18)10(15(11)17)8-5-9(13)7-14-6-8;5*6-4(7,8)2(12)1-3(13)5(9,10)11;;;/h5-7H,1-4H3;5*1,12H;;;1H2/q+1;;;;;;2*+2;/p-4/b;5*2-1-;;;. The molecule has 2 rings (SSSR count). The molecule has 86 heavy (non-hydrogen) atoms. The predicted molar refractivity (Wildman–Crippen MR) is 202 cm³/mol. The number of carbonyl (C=O) groups is 5. The SMILES string of the molecule is CC1(C)[N+](=O)C(c2cncc(Br)c2)=[N+]([O-])C1(C)C.O=C(/C=C(\[O-])C(F)(F)F)C(F)(F)F.O=C(/C=C(\[O-])C(F)(F)F)C(F)(F)F.O=C(/C=C(\[O-])C(F)(F)F)C(F)(F)F.O=C(/C=C(\[O-])C(F)(F)F)C(F)(F)F.O=C(/C=C(\[O-])C(F)(F)F)C(F)(F)F.[Cu+2].[Gd+2].[OH3+]. The van der Waals surface area contributed by atoms with Crippen LogP contribution in [0.4, 0.5) is 132 Å². The van der Waals surface area contributed by atoms with Gasteiger partial charge in [-0.15, -0.1) is 4.74 Å². The van der Waals surface area contributed by atoms with Crippen LogP contribution in [0.15, 0.2) is 82.1 Å². The molecule has 0 fully saturated rings. The Kier molecular flexibility index (Phi) is 36.9. The van der Waals surface area contributed by atoms with E-state index in [1.54, 1.807) is 40.0 Å². The second-order valence-electron chi connectivity index (χ2n) is 14.8. The summed E-state index contributed by atoms with van der Waals surface area (Å²) in [6.45, 7) is 7.07. The van der Waals surface area contributed by atoms with E-state index in [0.717, 1.165) is 14.0 Å². The maximum atomic E-state index is 12.4. The first-order valence-electron chi connectivity index (χ1n) is 18.7. The normalized spacial score (nSPS) is 15.4. The summed E-state index contributed by atoms with van der Waals surface area (Å²) >= 11 is 3.29. The maximum absolute atomic E-state index is 12.4. The summed E-state index contributed by atoms with van der Waals surface area (Å²) in [4.78, 5) is 65.5. The van der Waals surface area contributed by atoms with E-state index in [-0.39, 0.29) is 68.3 Å². The van der Waals surface area contributed by atoms with Gasteiger partial charge in [0.1, 0.15) is 10.3 Å². The van der Waals surface area contributed by atoms with Gasteiger partial charge in [-0.2, -0.15) is 132 Å². The van der Waals surface area contributed by atoms with Crippen LogP contribution >= 0.6 is 15.9 Å². The third kappa shape index (κ3) is 34.1. The van der Waals surface area contributed by atoms with E-state index in [1.165, 1.54) is 6.20 Å². The largest absolute Gasteiger partial charge is 2.00 e. The van der Waals surface area contributed by atoms with Gasteiger partial charge >= 0.3 is 125 Å². The van der Waals surface area contributed by atoms with Crippen LogP contribution in [0, 0.1) is 50.1 Å². The fourth-order valence-electron chi connectivity index (χ4n) is 3.29. The summed E-state index contributed by atoms with van der Waals surface area (Å²) in [6.07, 6.45) is -56.6. The number of hydroxylamine groups is 1. The van der Waals surface area contributed by atoms with Crippen LogP contribution in [-0.4, -0.2) is 122 Å². The van der Waals surface area contributed by atoms with Crippen LogP contribution in [0.25, 0.3) is 0 Å². The van der Waals surface area contributed by atoms with E-state index in [0.29, 0.717) is 5.56 Å². The molecule has 1 aromatic rings. The number of allylic oxidation sites excluding steroid dienone is 10. The first-order valence-corrected chi connectivity index (χ1v) is 19.5. The molecule has 0 bridgehead atoms. The van der Waals surface area contributed by atoms with Crippen molar-refractivity contribution in [1.29, 1.82) is 0 Å². The summed E-state index contributed by atoms with van der Waals surface area (Å²) in [6, 6.07) is 1.72. The molecule has 0 saturated carbocycles. The van der Waals surface area contributed by atoms with Gasteiger partial charge in [0.05, 0.1) is 0 Å². The van der Waals surface area contributed by atoms with Crippen molar-refractivity contribution < 1.29 is 253 Å². The minimum Gasteiger partial charge on any atom is -0.869 e. The Hall–Kier alpha value is -5.55. The van der Waals surface area contributed by atoms with E-state index in [4.69, 9.17) is 0 Å². The number of carbonyl (C=O) groups excluding carboxylic acids is 5. The molecule has 2 heterocycles. The van der Waals surface area contributed by atoms with Crippen molar-refractivity contribution in [1.82, 2.24) is 4.98 Å². The number of aromatic nitrogens is 1. The zero-order valence-electron chi connectivity index (χ0n) is 40.3. The number of ketones is 5. The molecule has 0 aromatic carbocycles. The van der Waals surface area contributed by atoms with E-state index in [9.17, 15) is 191 Å². The zero-order valence-corrected chi connectivity index (χ0v) is 45.1. The Morgan fingerprint density at radius 3 is 0.733 bits per heavy atom. The van der Waals surface area contributed by atoms with Gasteiger partial charge in [0.2, 0.25) is 5.54 Å². The van der Waals surface area contributed by atoms with Gasteiger partial charge in [0.15, 0.2) is 0 Å². The number of nitrogens with zero attached hydrogens (tertiary/aromatic N) is 3. The minimum absolute atomic E-state index is 0. The third-order valence-electron chi connectivity index (χ3n) is 7.97. The van der Waals surface area contributed by atoms with Crippen molar-refractivity contribution in [2.75, 3.05) is 0 Å². The first-order chi connectivity index (χ1) is 35.9. The van der Waals surface area contributed by atoms with E-state index in [2.05, 4.69) is 20.9 Å². The van der Waals surface area contributed by atoms with Crippen LogP contribution in [0.3, 0.4) is 0 Å². The number of hydrogen-bond acceptors (Lipinski definition) is 13. The second kappa shape index (κ2) is 33.7. The summed E-state index contributed by atoms with van der Waals surface area (Å²) in [7, 11) is 0. The van der Waals surface area contributed by atoms with Crippen LogP contribution in [0.1, 0.15) is 33.3 Å². The number of amidine groups is 1. The Morgan fingerprint density at radius 1 is 0.419 bits per heavy atom. The van der Waals surface area contributed by atoms with Gasteiger partial charge < -0.3 is 36.2 Å². The molecule has 1 aliphatic heterocycles. The maximum Gasteiger partial charge on any atom is 2.00 e. The van der Waals surface area contributed by atoms with Crippen molar-refractivity contribution in [2.45, 2.75) is 101 Å². The monoisotopic (exact) mass is 1590 g/mol. The van der Waals surface area contributed by atoms with Gasteiger partial charge in [-0.1, -0.05) is 0 Å². The molecule has 0 aliphatic carbocycles. The number of pyridine rings is 1. The first kappa shape index (κ1) is 94.1. The smallest absolute Gasteiger partial charge is 0.869 e. The molecule has 1 aromatic heterocycles. The molecule has 499 valence electrons. The van der Waals surface area contributed by atoms with Crippen LogP contribution < -0.4 is 25.5 Å². The van der Waals surface area contributed by atoms with Crippen LogP contribution in [-0.2, 0) is 46.5 Å². The molecule has 3 N–H and O–H groups in total. The number of alkyl halides is 30. The predicted octanol–water partition coefficient (Wildman–Crippen LogP) is 6.15. The number of nitroso groups, excluding NO2 is 1. The molecule has 1 radical (unpaired) electrons. The molecule has 0 unspecified atom stereocenters. The minimum atomic E-state index is -5.46. The average molecular weight is 1590 g/mol. The third-order valence-corrected chi connectivity index (χ3v) is 8.40. The zero-order chi connectivity index (χ0) is 68.0. The average Bonchev–Trinajstić information content (AvgIpc) is 3.35. The number of hydrogen-bond donors (Lipinski definition) is 0. The summed E-state index contributed by atoms with van der Waals surface area (Å²) in [5.74, 6) is -28.1. The van der Waals surface area contributed by atoms with Gasteiger partial charge in [0, 0.05) is 49.5 Å². The fourth-order valence-corrected chi connectivity index (χ4v) is 3.66. The van der Waals surface area contributed by atoms with Crippen molar-refractivity contribution in [3.05, 3.63) is 97.8 Å². The van der Waals surface area contributed by atoms with Gasteiger partial charge in [-0.3, -0.25) is 29.0 Å². The van der Waals surface area contributed by atoms with Crippen molar-refractivity contribution in [3.63, 3.8) is 0 Å². The molecule has 0 spiro atoms. The van der Waals surface area contributed by atoms with Crippen molar-refractivity contribution in [3.8, 4) is 0 Å². The van der Waals surface area contributed by atoms with Crippen LogP contribution in [0.2, 0.25) is 0 Å². The Labute approximate surface area is 505 Å². The molecule has 0 saturated heterocycles. The summed E-state index contributed by atoms with van der Waals surface area (Å²) in [5, 5.41) is 61.5. The Balaban J connectivity index is -0.000000174. The quantitative estimate of drug-likeness (QED) is 0.0588. The number of halogens is 31. The van der Waals surface area contributed by atoms with E-state index < -0.39 is 161 Å². The van der Waals surface area contributed by atoms with Crippen molar-refractivity contribution in [2.24, 2.45) is 0 Å². The van der Waals surface area contributed by atoms with Gasteiger partial charge in [0.25, 0.3) is 34.5 Å². The molecule has 0 amide bonds. The van der Waals surface area contributed by atoms with E-state index >= 15 is 0 Å². The second-order valence-corrected chi connectivity index (χ2v) is 15.7. The Bertz CT molecular complexity index is 2390. The Morgan fingerprint density at radius 2 is 0.605 bits per heavy atom. The fraction of sp³-hybridized carbons (Fsp3) is 0.432. The van der Waals surface area contributed by atoms with Gasteiger partial charge in [-0.05, 0) is 81.2 Å². The topological polar surface area (TPSA) is 293 Å². The summed E-state index contributed by atoms with van der Waals surface area (Å²) in [5.41, 5.74) is -1.08. The molecule has 1 aliphatic rings. The van der Waals surface area contributed by atoms with Crippen molar-refractivity contribution >= 4 is 50.7 Å². The molecule has 0 atom stereocenters. The molecule has 49 heteroatoms. The van der Waals surface area contributed by atoms with Crippen LogP contribution in [0.5, 0.6) is 0 Å². The van der Waals surface area contributed by atoms with E-state index in [1.807, 2.05) is 0 Å². The molecular weight excluding hydrogens is 1570 g/mol. The molecule has 16 nitrogen and oxygen atoms in total. The number of rotatable bonds is 6. The molecular formula is C37H23BrCuF30GdN3O13+.